The van der Waals surface area contributed by atoms with Gasteiger partial charge in [0.25, 0.3) is 15.7 Å². The van der Waals surface area contributed by atoms with Gasteiger partial charge < -0.3 is 93.9 Å². The average molecular weight is 2030 g/mol. The molecule has 0 spiro atoms. The van der Waals surface area contributed by atoms with Crippen LogP contribution < -0.4 is 60.4 Å². The highest BCUT2D eigenvalue weighted by Crippen LogP contribution is 2.45. The number of esters is 2. The number of fused-ring (bicyclic) bond motifs is 8. The van der Waals surface area contributed by atoms with Crippen molar-refractivity contribution in [3.05, 3.63) is 254 Å². The lowest BCUT2D eigenvalue weighted by Gasteiger charge is -2.38. The molecule has 4 aromatic heterocycles. The van der Waals surface area contributed by atoms with E-state index in [9.17, 15) is 72.6 Å². The number of hydrogen-bond acceptors (Lipinski definition) is 27. The van der Waals surface area contributed by atoms with E-state index in [1.165, 1.54) is 115 Å². The second-order valence-corrected chi connectivity index (χ2v) is 32.9. The number of aromatic hydroxyl groups is 1. The fourth-order valence-corrected chi connectivity index (χ4v) is 16.8. The molecule has 0 radical (unpaired) electrons. The summed E-state index contributed by atoms with van der Waals surface area (Å²) in [5, 5.41) is 17.6. The van der Waals surface area contributed by atoms with Gasteiger partial charge in [-0.2, -0.15) is 15.1 Å². The summed E-state index contributed by atoms with van der Waals surface area (Å²) < 4.78 is 175. The first-order valence-corrected chi connectivity index (χ1v) is 44.6. The molecule has 4 saturated heterocycles. The van der Waals surface area contributed by atoms with Crippen molar-refractivity contribution < 1.29 is 105 Å². The van der Waals surface area contributed by atoms with Crippen LogP contribution in [0.25, 0.3) is 43.6 Å². The van der Waals surface area contributed by atoms with E-state index in [1.54, 1.807) is 62.3 Å². The predicted octanol–water partition coefficient (Wildman–Crippen LogP) is 20.5. The number of piperidine rings is 2. The van der Waals surface area contributed by atoms with Gasteiger partial charge in [-0.25, -0.2) is 70.0 Å². The van der Waals surface area contributed by atoms with Crippen molar-refractivity contribution in [3.8, 4) is 46.0 Å². The van der Waals surface area contributed by atoms with Crippen LogP contribution in [0.4, 0.5) is 75.3 Å². The van der Waals surface area contributed by atoms with Gasteiger partial charge in [-0.1, -0.05) is 77.3 Å². The van der Waals surface area contributed by atoms with E-state index in [4.69, 9.17) is 89.5 Å². The molecule has 45 heteroatoms. The Hall–Kier alpha value is -13.1. The Kier molecular flexibility index (Phi) is 36.8. The zero-order valence-corrected chi connectivity index (χ0v) is 79.5. The zero-order chi connectivity index (χ0) is 98.8. The smallest absolute Gasteiger partial charge is 0.308 e. The van der Waals surface area contributed by atoms with E-state index in [0.29, 0.717) is 98.1 Å². The molecule has 4 fully saturated rings. The molecule has 4 aliphatic heterocycles. The first-order chi connectivity index (χ1) is 64.9. The van der Waals surface area contributed by atoms with E-state index in [0.717, 1.165) is 61.6 Å². The highest BCUT2D eigenvalue weighted by molar-refractivity contribution is 7.86. The number of aromatic amines is 1. The van der Waals surface area contributed by atoms with Crippen molar-refractivity contribution >= 4 is 183 Å². The van der Waals surface area contributed by atoms with Crippen molar-refractivity contribution in [2.45, 2.75) is 113 Å². The van der Waals surface area contributed by atoms with Gasteiger partial charge in [0.2, 0.25) is 11.8 Å². The van der Waals surface area contributed by atoms with Crippen LogP contribution >= 0.6 is 65.5 Å². The maximum absolute atomic E-state index is 14.5. The van der Waals surface area contributed by atoms with E-state index >= 15 is 0 Å². The minimum Gasteiger partial charge on any atom is -1.51 e. The fraction of sp³-hybridized carbons (Fsp3) is 0.239. The maximum Gasteiger partial charge on any atom is 0.308 e. The van der Waals surface area contributed by atoms with E-state index in [2.05, 4.69) is 78.2 Å². The first kappa shape index (κ1) is 106. The number of aromatic nitrogens is 8. The number of amides is 2. The van der Waals surface area contributed by atoms with Crippen molar-refractivity contribution in [3.63, 3.8) is 0 Å². The largest absolute Gasteiger partial charge is 1.51 e. The summed E-state index contributed by atoms with van der Waals surface area (Å²) in [5.41, 5.74) is 7.44. The molecule has 0 aliphatic carbocycles. The molecule has 30 nitrogen and oxygen atoms in total. The molecule has 13 aromatic rings. The second-order valence-electron chi connectivity index (χ2n) is 29.8. The molecule has 4 aliphatic rings. The average Bonchev–Trinajstić information content (AvgIpc) is 1.71. The van der Waals surface area contributed by atoms with Crippen molar-refractivity contribution in [2.75, 3.05) is 56.8 Å². The van der Waals surface area contributed by atoms with Gasteiger partial charge in [-0.05, 0) is 143 Å². The number of nitrogens with two attached hydrogens (primary N) is 1. The van der Waals surface area contributed by atoms with Crippen molar-refractivity contribution in [1.29, 1.82) is 0 Å². The number of H-pyrrole nitrogens is 1. The molecule has 2 amide bonds. The van der Waals surface area contributed by atoms with Crippen LogP contribution in [-0.4, -0.2) is 158 Å². The lowest BCUT2D eigenvalue weighted by atomic mass is 9.99. The highest BCUT2D eigenvalue weighted by Gasteiger charge is 2.46. The van der Waals surface area contributed by atoms with Crippen LogP contribution in [-0.2, 0) is 33.5 Å². The molecule has 6 atom stereocenters. The van der Waals surface area contributed by atoms with Crippen LogP contribution in [0.1, 0.15) is 70.8 Å². The van der Waals surface area contributed by atoms with E-state index < -0.39 is 88.7 Å². The summed E-state index contributed by atoms with van der Waals surface area (Å²) in [5.74, 6) is -5.34. The van der Waals surface area contributed by atoms with Crippen LogP contribution in [0.3, 0.4) is 0 Å². The number of rotatable bonds is 19. The third-order valence-electron chi connectivity index (χ3n) is 21.2. The Morgan fingerprint density at radius 1 is 0.482 bits per heavy atom. The molecule has 8 heterocycles. The van der Waals surface area contributed by atoms with Gasteiger partial charge in [0.15, 0.2) is 69.3 Å². The van der Waals surface area contributed by atoms with E-state index in [1.807, 2.05) is 16.7 Å². The molecule has 17 rings (SSSR count). The number of anilines is 7. The number of carbonyl (C=O) groups is 4. The Bertz CT molecular complexity index is 6840. The number of carbonyl (C=O) groups excluding carboxylic acids is 4. The predicted molar refractivity (Wildman–Crippen MR) is 508 cm³/mol. The molecule has 2 unspecified atom stereocenters. The number of aryl methyl sites for hydroxylation is 1. The summed E-state index contributed by atoms with van der Waals surface area (Å²) in [4.78, 5) is 93.1. The Labute approximate surface area is 803 Å². The summed E-state index contributed by atoms with van der Waals surface area (Å²) >= 11 is 22.0. The second kappa shape index (κ2) is 47.6. The monoisotopic (exact) mass is 2030 g/mol. The van der Waals surface area contributed by atoms with Crippen LogP contribution in [0.2, 0.25) is 20.1 Å². The normalized spacial score (nSPS) is 15.8. The third kappa shape index (κ3) is 25.4. The molecular formula is C92H85Cl4F8N14O16P2S-3. The number of nitrogen functional groups attached to an aromatic ring is 1. The van der Waals surface area contributed by atoms with Gasteiger partial charge >= 0.3 is 11.9 Å². The molecule has 0 saturated carbocycles. The number of ether oxygens (including phenoxy) is 7. The fourth-order valence-electron chi connectivity index (χ4n) is 15.0. The standard InChI is InChI=1S/C25H23ClF2N4O3.C17H12ClF2N3O3.C17H21NO4S.C15H10ClF2N3O2.C11H10N2O4.C6H4ClF2N.CH4P.HP/c1-3-22(33)32-13-4-5-14(32)9-15(8-13)35-21-10-16-19(11-20(21)34-2)29-12-30-25(16)31-18-7-6-17(27)23(26)24(18)28;1-8(24)26-14-5-9-12(6-13(14)25-2)21-7-22-17(9)23-11-4-3-10(19)15(18)16(11)20;1-3-17(19)18-13-6-7-14(18)11-15(10-13)22-23(20,21)16-8-4-12(2)5-9-16;1-23-12-5-10-7(4-11(12)22)15(20-6-19-10)21-9-3-2-8(17)13(16)14(9)18;1-6(14)17-10-3-7-8(4-9(10)16-2)12-5-13-11(7)15;7-5-3(8)1-2-4(10)6(5)9;1-2;/h3,6-7,10-15H,1,4-5,8-9H2,2H3,(H,29,30,31);3-7H,1-2H3,(H,21,22,23);3-5,8-9,13-15H,1,6-7,10-11H2,2H3;2-6,22H,1H3,(H,19,20,21);3-5H,1-2H3,(H,12,13,15);1-2H,10H2;2H,1H3;1H/q;;;;;;-1;-2/t13-,14+,15?;;13-,14+,15?;;;;;. The molecule has 722 valence electrons. The van der Waals surface area contributed by atoms with Crippen molar-refractivity contribution in [1.82, 2.24) is 49.7 Å². The quantitative estimate of drug-likeness (QED) is 0.00640. The first-order valence-electron chi connectivity index (χ1n) is 40.7. The van der Waals surface area contributed by atoms with Gasteiger partial charge in [0.1, 0.15) is 85.9 Å². The molecule has 4 bridgehead atoms. The third-order valence-corrected chi connectivity index (χ3v) is 24.0. The van der Waals surface area contributed by atoms with Crippen molar-refractivity contribution in [2.24, 2.45) is 0 Å². The summed E-state index contributed by atoms with van der Waals surface area (Å²) in [6.07, 6.45) is 13.6. The number of nitrogens with zero attached hydrogens (tertiary/aromatic N) is 9. The lowest BCUT2D eigenvalue weighted by molar-refractivity contribution is -0.132. The highest BCUT2D eigenvalue weighted by atomic mass is 35.5. The van der Waals surface area contributed by atoms with Gasteiger partial charge in [-0.15, -0.1) is 0 Å². The SMILES string of the molecule is C=CC(=O)N1[C@@H]2CC[C@H]1CC(OS(=O)(=O)c1ccc(C)cc1)C2.C=CC(=O)N1[C@@H]2CC[C@H]1CC(Oc1cc3c(Nc4ccc(F)c(Cl)c4F)ncnc3cc1OC)C2.COc1cc2nc[nH]c(=O)c2cc1OC(C)=O.COc1cc2ncnc(Nc3ccc(F)c(Cl)c3F)c2cc1O.COc1cc2ncnc(Nc3ccc(F)c(Cl)c3F)c2cc1OC(C)=O.C[PH-].Nc1ccc(F)c(Cl)c1F.[PH-2]. The summed E-state index contributed by atoms with van der Waals surface area (Å²) in [6, 6.07) is 28.3. The van der Waals surface area contributed by atoms with Gasteiger partial charge in [0, 0.05) is 91.3 Å². The lowest BCUT2D eigenvalue weighted by Crippen LogP contribution is -2.48. The number of nitrogens with one attached hydrogen (secondary N) is 4. The Morgan fingerprint density at radius 2 is 0.825 bits per heavy atom. The Morgan fingerprint density at radius 3 is 1.20 bits per heavy atom. The molecule has 7 N–H and O–H groups in total. The van der Waals surface area contributed by atoms with Crippen LogP contribution in [0.5, 0.6) is 46.0 Å². The number of phenolic OH excluding ortho intramolecular Hbond substituents is 1. The zero-order valence-electron chi connectivity index (χ0n) is 73.7. The van der Waals surface area contributed by atoms with Crippen LogP contribution in [0.15, 0.2) is 182 Å². The van der Waals surface area contributed by atoms with Gasteiger partial charge in [-0.3, -0.25) is 28.2 Å². The number of phenols is 1. The Balaban J connectivity index is 0.000000174. The number of hydrogen-bond donors (Lipinski definition) is 6. The number of benzene rings is 9. The molecule has 9 aromatic carbocycles. The number of halogens is 12. The summed E-state index contributed by atoms with van der Waals surface area (Å²) in [6.45, 7) is 13.4. The number of methoxy groups -OCH3 is 4. The minimum absolute atomic E-state index is 0. The molecule has 137 heavy (non-hydrogen) atoms. The summed E-state index contributed by atoms with van der Waals surface area (Å²) in [7, 11) is 5.03. The molecular weight excluding hydrogens is 1940 g/mol. The minimum atomic E-state index is -3.76. The maximum atomic E-state index is 14.5. The van der Waals surface area contributed by atoms with Crippen LogP contribution in [0, 0.1) is 53.5 Å². The van der Waals surface area contributed by atoms with Gasteiger partial charge in [0.05, 0.1) is 96.0 Å². The topological polar surface area (TPSA) is 388 Å². The van der Waals surface area contributed by atoms with E-state index in [-0.39, 0.29) is 126 Å².